The molecule has 0 saturated heterocycles. The van der Waals surface area contributed by atoms with Gasteiger partial charge in [0, 0.05) is 12.7 Å². The van der Waals surface area contributed by atoms with Gasteiger partial charge in [0.1, 0.15) is 5.60 Å². The molecule has 0 aliphatic rings. The number of hydrogen-bond acceptors (Lipinski definition) is 4. The Morgan fingerprint density at radius 3 is 2.35 bits per heavy atom. The number of carbonyl (C=O) groups excluding carboxylic acids is 2. The molecular formula is C14H18ClNO4. The number of anilines is 1. The van der Waals surface area contributed by atoms with E-state index in [1.165, 1.54) is 24.1 Å². The van der Waals surface area contributed by atoms with Crippen molar-refractivity contribution in [1.82, 2.24) is 0 Å². The van der Waals surface area contributed by atoms with Gasteiger partial charge >= 0.3 is 12.1 Å². The molecule has 0 bridgehead atoms. The predicted molar refractivity (Wildman–Crippen MR) is 77.4 cm³/mol. The third-order valence-electron chi connectivity index (χ3n) is 2.41. The molecule has 0 radical (unpaired) electrons. The zero-order valence-corrected chi connectivity index (χ0v) is 12.9. The summed E-state index contributed by atoms with van der Waals surface area (Å²) in [5, 5.41) is 0.262. The molecule has 5 nitrogen and oxygen atoms in total. The quantitative estimate of drug-likeness (QED) is 0.784. The molecule has 0 unspecified atom stereocenters. The van der Waals surface area contributed by atoms with Crippen LogP contribution < -0.4 is 4.90 Å². The van der Waals surface area contributed by atoms with E-state index in [2.05, 4.69) is 4.74 Å². The highest BCUT2D eigenvalue weighted by atomic mass is 35.5. The normalized spacial score (nSPS) is 10.9. The molecule has 1 rings (SSSR count). The highest BCUT2D eigenvalue weighted by Crippen LogP contribution is 2.24. The Morgan fingerprint density at radius 2 is 1.85 bits per heavy atom. The number of methoxy groups -OCH3 is 1. The summed E-state index contributed by atoms with van der Waals surface area (Å²) in [6.45, 7) is 5.33. The van der Waals surface area contributed by atoms with Crippen molar-refractivity contribution in [3.8, 4) is 0 Å². The molecule has 1 aromatic carbocycles. The number of carbonyl (C=O) groups is 2. The summed E-state index contributed by atoms with van der Waals surface area (Å²) in [5.41, 5.74) is 0.0919. The lowest BCUT2D eigenvalue weighted by Crippen LogP contribution is -2.34. The van der Waals surface area contributed by atoms with Crippen LogP contribution in [0.3, 0.4) is 0 Å². The standard InChI is InChI=1S/C14H18ClNO4/c1-14(2,3)20-13(18)16(4)9-6-7-11(15)10(8-9)12(17)19-5/h6-8H,1-5H3. The minimum atomic E-state index is -0.594. The third-order valence-corrected chi connectivity index (χ3v) is 2.74. The molecule has 0 atom stereocenters. The fourth-order valence-electron chi connectivity index (χ4n) is 1.42. The van der Waals surface area contributed by atoms with E-state index in [4.69, 9.17) is 16.3 Å². The molecule has 6 heteroatoms. The minimum absolute atomic E-state index is 0.196. The Labute approximate surface area is 123 Å². The highest BCUT2D eigenvalue weighted by molar-refractivity contribution is 6.33. The molecule has 0 N–H and O–H groups in total. The van der Waals surface area contributed by atoms with Gasteiger partial charge in [-0.2, -0.15) is 0 Å². The van der Waals surface area contributed by atoms with Crippen LogP contribution >= 0.6 is 11.6 Å². The molecule has 0 heterocycles. The largest absolute Gasteiger partial charge is 0.465 e. The van der Waals surface area contributed by atoms with E-state index in [0.717, 1.165) is 0 Å². The Hall–Kier alpha value is -1.75. The predicted octanol–water partition coefficient (Wildman–Crippen LogP) is 3.50. The Morgan fingerprint density at radius 1 is 1.25 bits per heavy atom. The first kappa shape index (κ1) is 16.3. The molecule has 1 aromatic rings. The molecule has 0 spiro atoms. The fraction of sp³-hybridized carbons (Fsp3) is 0.429. The number of nitrogens with zero attached hydrogens (tertiary/aromatic N) is 1. The van der Waals surface area contributed by atoms with E-state index in [9.17, 15) is 9.59 Å². The van der Waals surface area contributed by atoms with Gasteiger partial charge in [0.25, 0.3) is 0 Å². The number of rotatable bonds is 2. The van der Waals surface area contributed by atoms with Crippen molar-refractivity contribution in [3.63, 3.8) is 0 Å². The first-order valence-electron chi connectivity index (χ1n) is 6.00. The van der Waals surface area contributed by atoms with E-state index in [-0.39, 0.29) is 10.6 Å². The van der Waals surface area contributed by atoms with Gasteiger partial charge in [-0.15, -0.1) is 0 Å². The molecule has 110 valence electrons. The Bertz CT molecular complexity index is 522. The second-order valence-electron chi connectivity index (χ2n) is 5.20. The number of esters is 1. The van der Waals surface area contributed by atoms with E-state index in [1.807, 2.05) is 0 Å². The summed E-state index contributed by atoms with van der Waals surface area (Å²) in [6.07, 6.45) is -0.518. The highest BCUT2D eigenvalue weighted by Gasteiger charge is 2.22. The van der Waals surface area contributed by atoms with Gasteiger partial charge in [-0.3, -0.25) is 4.90 Å². The van der Waals surface area contributed by atoms with E-state index >= 15 is 0 Å². The molecule has 20 heavy (non-hydrogen) atoms. The molecule has 1 amide bonds. The number of hydrogen-bond donors (Lipinski definition) is 0. The van der Waals surface area contributed by atoms with Gasteiger partial charge in [0.05, 0.1) is 17.7 Å². The minimum Gasteiger partial charge on any atom is -0.465 e. The summed E-state index contributed by atoms with van der Waals surface area (Å²) in [6, 6.07) is 4.64. The molecular weight excluding hydrogens is 282 g/mol. The van der Waals surface area contributed by atoms with Crippen molar-refractivity contribution in [2.75, 3.05) is 19.1 Å². The number of halogens is 1. The van der Waals surface area contributed by atoms with Crippen LogP contribution in [0.2, 0.25) is 5.02 Å². The lowest BCUT2D eigenvalue weighted by Gasteiger charge is -2.25. The van der Waals surface area contributed by atoms with Gasteiger partial charge in [-0.05, 0) is 39.0 Å². The van der Waals surface area contributed by atoms with Crippen molar-refractivity contribution >= 4 is 29.4 Å². The Balaban J connectivity index is 3.02. The maximum atomic E-state index is 11.9. The van der Waals surface area contributed by atoms with E-state index in [1.54, 1.807) is 33.9 Å². The van der Waals surface area contributed by atoms with Gasteiger partial charge < -0.3 is 9.47 Å². The number of amides is 1. The molecule has 0 aromatic heterocycles. The topological polar surface area (TPSA) is 55.8 Å². The summed E-state index contributed by atoms with van der Waals surface area (Å²) in [4.78, 5) is 24.8. The lowest BCUT2D eigenvalue weighted by molar-refractivity contribution is 0.0580. The summed E-state index contributed by atoms with van der Waals surface area (Å²) in [5.74, 6) is -0.561. The van der Waals surface area contributed by atoms with Crippen molar-refractivity contribution in [2.45, 2.75) is 26.4 Å². The van der Waals surface area contributed by atoms with Gasteiger partial charge in [0.15, 0.2) is 0 Å². The fourth-order valence-corrected chi connectivity index (χ4v) is 1.62. The first-order chi connectivity index (χ1) is 9.15. The van der Waals surface area contributed by atoms with Crippen LogP contribution in [0, 0.1) is 0 Å². The van der Waals surface area contributed by atoms with Crippen molar-refractivity contribution < 1.29 is 19.1 Å². The molecule has 0 saturated carbocycles. The van der Waals surface area contributed by atoms with Crippen LogP contribution in [-0.4, -0.2) is 31.8 Å². The second kappa shape index (κ2) is 6.13. The molecule has 0 aliphatic carbocycles. The van der Waals surface area contributed by atoms with Crippen molar-refractivity contribution in [1.29, 1.82) is 0 Å². The molecule has 0 fully saturated rings. The smallest absolute Gasteiger partial charge is 0.414 e. The van der Waals surface area contributed by atoms with Crippen LogP contribution in [-0.2, 0) is 9.47 Å². The maximum Gasteiger partial charge on any atom is 0.414 e. The summed E-state index contributed by atoms with van der Waals surface area (Å²) < 4.78 is 9.88. The van der Waals surface area contributed by atoms with Crippen molar-refractivity contribution in [3.05, 3.63) is 28.8 Å². The number of benzene rings is 1. The van der Waals surface area contributed by atoms with Crippen LogP contribution in [0.25, 0.3) is 0 Å². The average Bonchev–Trinajstić information content (AvgIpc) is 2.35. The van der Waals surface area contributed by atoms with Crippen LogP contribution in [0.4, 0.5) is 10.5 Å². The molecule has 0 aliphatic heterocycles. The van der Waals surface area contributed by atoms with Gasteiger partial charge in [0.2, 0.25) is 0 Å². The van der Waals surface area contributed by atoms with Gasteiger partial charge in [-0.1, -0.05) is 11.6 Å². The third kappa shape index (κ3) is 4.13. The maximum absolute atomic E-state index is 11.9. The van der Waals surface area contributed by atoms with E-state index in [0.29, 0.717) is 5.69 Å². The van der Waals surface area contributed by atoms with Crippen molar-refractivity contribution in [2.24, 2.45) is 0 Å². The lowest BCUT2D eigenvalue weighted by atomic mass is 10.2. The van der Waals surface area contributed by atoms with Crippen LogP contribution in [0.1, 0.15) is 31.1 Å². The zero-order valence-electron chi connectivity index (χ0n) is 12.2. The van der Waals surface area contributed by atoms with E-state index < -0.39 is 17.7 Å². The second-order valence-corrected chi connectivity index (χ2v) is 5.60. The van der Waals surface area contributed by atoms with Gasteiger partial charge in [-0.25, -0.2) is 9.59 Å². The van der Waals surface area contributed by atoms with Crippen LogP contribution in [0.5, 0.6) is 0 Å². The zero-order chi connectivity index (χ0) is 15.5. The average molecular weight is 300 g/mol. The SMILES string of the molecule is COC(=O)c1cc(N(C)C(=O)OC(C)(C)C)ccc1Cl. The first-order valence-corrected chi connectivity index (χ1v) is 6.38. The summed E-state index contributed by atoms with van der Waals surface area (Å²) in [7, 11) is 2.82. The summed E-state index contributed by atoms with van der Waals surface area (Å²) >= 11 is 5.93. The monoisotopic (exact) mass is 299 g/mol. The Kier molecular flexibility index (Phi) is 5.00. The number of ether oxygens (including phenoxy) is 2. The van der Waals surface area contributed by atoms with Crippen LogP contribution in [0.15, 0.2) is 18.2 Å².